The lowest BCUT2D eigenvalue weighted by Gasteiger charge is -2.33. The molecule has 0 amide bonds. The van der Waals surface area contributed by atoms with Crippen molar-refractivity contribution in [3.63, 3.8) is 0 Å². The Morgan fingerprint density at radius 1 is 1.11 bits per heavy atom. The van der Waals surface area contributed by atoms with Crippen LogP contribution in [-0.2, 0) is 11.8 Å². The third-order valence-electron chi connectivity index (χ3n) is 4.35. The molecule has 108 valence electrons. The molecular weight excluding hydrogens is 262 g/mol. The summed E-state index contributed by atoms with van der Waals surface area (Å²) in [5.74, 6) is 0. The standard InChI is InChI=1S/C16H31NSi2/c1-16(2,3)15-10-8-14(9-11-15)12-13-19(6,7)17(4)18-5/h8-11H,12-13,18H2,1-7H3. The molecule has 0 aliphatic rings. The molecule has 0 aliphatic heterocycles. The van der Waals surface area contributed by atoms with Crippen molar-refractivity contribution in [1.29, 1.82) is 0 Å². The summed E-state index contributed by atoms with van der Waals surface area (Å²) in [7, 11) is 1.19. The van der Waals surface area contributed by atoms with Crippen LogP contribution in [0.25, 0.3) is 0 Å². The third-order valence-corrected chi connectivity index (χ3v) is 12.4. The lowest BCUT2D eigenvalue weighted by atomic mass is 9.86. The number of hydrogen-bond acceptors (Lipinski definition) is 1. The van der Waals surface area contributed by atoms with Gasteiger partial charge in [-0.25, -0.2) is 0 Å². The predicted molar refractivity (Wildman–Crippen MR) is 93.3 cm³/mol. The van der Waals surface area contributed by atoms with Crippen LogP contribution in [0.15, 0.2) is 24.3 Å². The highest BCUT2D eigenvalue weighted by Gasteiger charge is 2.24. The first-order chi connectivity index (χ1) is 8.66. The minimum Gasteiger partial charge on any atom is -0.353 e. The summed E-state index contributed by atoms with van der Waals surface area (Å²) in [6, 6.07) is 10.6. The largest absolute Gasteiger partial charge is 0.353 e. The van der Waals surface area contributed by atoms with E-state index in [1.807, 2.05) is 0 Å². The maximum atomic E-state index is 2.70. The van der Waals surface area contributed by atoms with E-state index >= 15 is 0 Å². The van der Waals surface area contributed by atoms with E-state index in [-0.39, 0.29) is 15.1 Å². The van der Waals surface area contributed by atoms with E-state index in [0.29, 0.717) is 0 Å². The zero-order valence-electron chi connectivity index (χ0n) is 13.9. The molecule has 0 heterocycles. The SMILES string of the molecule is C[SiH2]N(C)[Si](C)(C)CCc1ccc(C(C)(C)C)cc1. The van der Waals surface area contributed by atoms with Crippen LogP contribution in [0.4, 0.5) is 0 Å². The molecular formula is C16H31NSi2. The van der Waals surface area contributed by atoms with E-state index in [1.54, 1.807) is 0 Å². The molecule has 0 bridgehead atoms. The minimum absolute atomic E-state index is 0.00400. The molecule has 1 nitrogen and oxygen atoms in total. The maximum absolute atomic E-state index is 2.70. The van der Waals surface area contributed by atoms with Crippen LogP contribution in [0.1, 0.15) is 31.9 Å². The topological polar surface area (TPSA) is 3.24 Å². The predicted octanol–water partition coefficient (Wildman–Crippen LogP) is 3.80. The molecule has 0 spiro atoms. The highest BCUT2D eigenvalue weighted by atomic mass is 28.4. The molecule has 0 N–H and O–H groups in total. The molecule has 0 atom stereocenters. The molecule has 1 rings (SSSR count). The van der Waals surface area contributed by atoms with Gasteiger partial charge in [0, 0.05) is 0 Å². The number of benzene rings is 1. The summed E-state index contributed by atoms with van der Waals surface area (Å²) >= 11 is 0. The van der Waals surface area contributed by atoms with Gasteiger partial charge >= 0.3 is 0 Å². The molecule has 3 heteroatoms. The van der Waals surface area contributed by atoms with E-state index in [1.165, 1.54) is 23.6 Å². The van der Waals surface area contributed by atoms with Crippen LogP contribution < -0.4 is 0 Å². The van der Waals surface area contributed by atoms with Crippen LogP contribution in [0.2, 0.25) is 25.7 Å². The van der Waals surface area contributed by atoms with Crippen molar-refractivity contribution in [1.82, 2.24) is 4.23 Å². The summed E-state index contributed by atoms with van der Waals surface area (Å²) < 4.78 is 2.70. The van der Waals surface area contributed by atoms with Gasteiger partial charge in [-0.15, -0.1) is 0 Å². The van der Waals surface area contributed by atoms with Crippen LogP contribution >= 0.6 is 0 Å². The lowest BCUT2D eigenvalue weighted by molar-refractivity contribution is 0.590. The first-order valence-electron chi connectivity index (χ1n) is 7.47. The van der Waals surface area contributed by atoms with E-state index in [2.05, 4.69) is 76.0 Å². The monoisotopic (exact) mass is 293 g/mol. The molecule has 0 radical (unpaired) electrons. The minimum atomic E-state index is -1.14. The summed E-state index contributed by atoms with van der Waals surface area (Å²) in [5.41, 5.74) is 3.20. The normalized spacial score (nSPS) is 13.7. The summed E-state index contributed by atoms with van der Waals surface area (Å²) in [6.45, 7) is 14.2. The van der Waals surface area contributed by atoms with Crippen molar-refractivity contribution in [2.75, 3.05) is 7.05 Å². The zero-order chi connectivity index (χ0) is 14.7. The molecule has 0 saturated carbocycles. The zero-order valence-corrected chi connectivity index (χ0v) is 16.3. The summed E-state index contributed by atoms with van der Waals surface area (Å²) in [5, 5.41) is 0. The highest BCUT2D eigenvalue weighted by molar-refractivity contribution is 6.79. The molecule has 1 aromatic carbocycles. The van der Waals surface area contributed by atoms with Crippen LogP contribution in [0, 0.1) is 0 Å². The Labute approximate surface area is 123 Å². The summed E-state index contributed by atoms with van der Waals surface area (Å²) in [4.78, 5) is 0. The van der Waals surface area contributed by atoms with Gasteiger partial charge in [-0.05, 0) is 36.1 Å². The average molecular weight is 294 g/mol. The number of aryl methyl sites for hydroxylation is 1. The van der Waals surface area contributed by atoms with Crippen molar-refractivity contribution in [2.24, 2.45) is 0 Å². The van der Waals surface area contributed by atoms with Crippen molar-refractivity contribution in [3.05, 3.63) is 35.4 Å². The Balaban J connectivity index is 2.65. The first-order valence-corrected chi connectivity index (χ1v) is 12.7. The Kier molecular flexibility index (Phi) is 5.59. The van der Waals surface area contributed by atoms with Gasteiger partial charge in [0.25, 0.3) is 0 Å². The molecule has 19 heavy (non-hydrogen) atoms. The van der Waals surface area contributed by atoms with Gasteiger partial charge in [0.1, 0.15) is 8.24 Å². The molecule has 0 aliphatic carbocycles. The van der Waals surface area contributed by atoms with Gasteiger partial charge < -0.3 is 4.23 Å². The fourth-order valence-electron chi connectivity index (χ4n) is 2.24. The fraction of sp³-hybridized carbons (Fsp3) is 0.625. The van der Waals surface area contributed by atoms with Gasteiger partial charge in [0.2, 0.25) is 0 Å². The fourth-order valence-corrected chi connectivity index (χ4v) is 7.42. The molecule has 1 aromatic rings. The van der Waals surface area contributed by atoms with Gasteiger partial charge in [-0.3, -0.25) is 0 Å². The quantitative estimate of drug-likeness (QED) is 0.747. The molecule has 0 unspecified atom stereocenters. The van der Waals surface area contributed by atoms with Crippen LogP contribution in [-0.4, -0.2) is 29.2 Å². The maximum Gasteiger partial charge on any atom is 0.115 e. The molecule has 0 fully saturated rings. The van der Waals surface area contributed by atoms with Gasteiger partial charge in [-0.2, -0.15) is 0 Å². The van der Waals surface area contributed by atoms with Crippen molar-refractivity contribution >= 4 is 17.9 Å². The Morgan fingerprint density at radius 2 is 1.63 bits per heavy atom. The van der Waals surface area contributed by atoms with Gasteiger partial charge in [0.15, 0.2) is 0 Å². The van der Waals surface area contributed by atoms with Crippen LogP contribution in [0.5, 0.6) is 0 Å². The second kappa shape index (κ2) is 6.38. The Bertz CT molecular complexity index is 390. The molecule has 0 saturated heterocycles. The number of hydrogen-bond donors (Lipinski definition) is 0. The Hall–Kier alpha value is -0.386. The Morgan fingerprint density at radius 3 is 2.05 bits per heavy atom. The van der Waals surface area contributed by atoms with Gasteiger partial charge in [0.05, 0.1) is 9.68 Å². The molecule has 0 aromatic heterocycles. The summed E-state index contributed by atoms with van der Waals surface area (Å²) in [6.07, 6.45) is 1.24. The third kappa shape index (κ3) is 4.90. The average Bonchev–Trinajstić information content (AvgIpc) is 2.35. The van der Waals surface area contributed by atoms with E-state index in [4.69, 9.17) is 0 Å². The second-order valence-electron chi connectivity index (χ2n) is 7.27. The van der Waals surface area contributed by atoms with Crippen molar-refractivity contribution in [3.8, 4) is 0 Å². The van der Waals surface area contributed by atoms with Gasteiger partial charge in [-0.1, -0.05) is 64.7 Å². The smallest absolute Gasteiger partial charge is 0.115 e. The lowest BCUT2D eigenvalue weighted by Crippen LogP contribution is -2.47. The highest BCUT2D eigenvalue weighted by Crippen LogP contribution is 2.23. The number of nitrogens with zero attached hydrogens (tertiary/aromatic N) is 1. The van der Waals surface area contributed by atoms with E-state index in [9.17, 15) is 0 Å². The van der Waals surface area contributed by atoms with E-state index in [0.717, 1.165) is 0 Å². The van der Waals surface area contributed by atoms with Crippen molar-refractivity contribution in [2.45, 2.75) is 58.3 Å². The van der Waals surface area contributed by atoms with E-state index < -0.39 is 8.24 Å². The second-order valence-corrected chi connectivity index (χ2v) is 14.4. The van der Waals surface area contributed by atoms with Crippen LogP contribution in [0.3, 0.4) is 0 Å². The van der Waals surface area contributed by atoms with Crippen molar-refractivity contribution < 1.29 is 0 Å². The number of rotatable bonds is 5. The first kappa shape index (κ1) is 16.7.